The molecule has 3 heterocycles. The lowest BCUT2D eigenvalue weighted by molar-refractivity contribution is 0.0432. The van der Waals surface area contributed by atoms with Gasteiger partial charge in [0.2, 0.25) is 0 Å². The van der Waals surface area contributed by atoms with Crippen molar-refractivity contribution >= 4 is 5.91 Å². The Hall–Kier alpha value is -1.66. The summed E-state index contributed by atoms with van der Waals surface area (Å²) >= 11 is 0. The summed E-state index contributed by atoms with van der Waals surface area (Å²) in [4.78, 5) is 32.1. The highest BCUT2D eigenvalue weighted by atomic mass is 16.5. The van der Waals surface area contributed by atoms with Crippen molar-refractivity contribution in [1.82, 2.24) is 14.8 Å². The van der Waals surface area contributed by atoms with Crippen LogP contribution in [0.4, 0.5) is 0 Å². The third-order valence-corrected chi connectivity index (χ3v) is 5.46. The van der Waals surface area contributed by atoms with Crippen LogP contribution in [-0.2, 0) is 17.6 Å². The Morgan fingerprint density at radius 2 is 2.04 bits per heavy atom. The molecule has 6 heteroatoms. The predicted molar refractivity (Wildman–Crippen MR) is 90.4 cm³/mol. The highest BCUT2D eigenvalue weighted by Crippen LogP contribution is 2.20. The van der Waals surface area contributed by atoms with Crippen molar-refractivity contribution in [3.05, 3.63) is 33.2 Å². The average molecular weight is 331 g/mol. The first-order valence-electron chi connectivity index (χ1n) is 9.09. The molecule has 0 saturated carbocycles. The number of aromatic amines is 1. The van der Waals surface area contributed by atoms with E-state index in [-0.39, 0.29) is 11.5 Å². The molecule has 2 fully saturated rings. The Bertz CT molecular complexity index is 671. The van der Waals surface area contributed by atoms with Gasteiger partial charge in [0.15, 0.2) is 0 Å². The van der Waals surface area contributed by atoms with Gasteiger partial charge in [-0.3, -0.25) is 14.5 Å². The standard InChI is InChI=1S/C18H25N3O3/c22-17-15(11-13-3-1-5-16(13)19-17)18(23)21-8-6-20(7-9-21)12-14-4-2-10-24-14/h11,14H,1-10,12H2,(H,19,22)/t14-/m0/s1. The molecule has 1 aromatic heterocycles. The first-order chi connectivity index (χ1) is 11.7. The number of rotatable bonds is 3. The second-order valence-electron chi connectivity index (χ2n) is 7.10. The maximum absolute atomic E-state index is 12.7. The number of nitrogens with zero attached hydrogens (tertiary/aromatic N) is 2. The van der Waals surface area contributed by atoms with Crippen LogP contribution in [0.3, 0.4) is 0 Å². The molecule has 24 heavy (non-hydrogen) atoms. The minimum Gasteiger partial charge on any atom is -0.377 e. The van der Waals surface area contributed by atoms with E-state index in [1.807, 2.05) is 11.0 Å². The molecule has 0 unspecified atom stereocenters. The number of nitrogens with one attached hydrogen (secondary N) is 1. The zero-order valence-electron chi connectivity index (χ0n) is 14.1. The lowest BCUT2D eigenvalue weighted by Crippen LogP contribution is -2.51. The molecular weight excluding hydrogens is 306 g/mol. The number of ether oxygens (including phenoxy) is 1. The number of carbonyl (C=O) groups excluding carboxylic acids is 1. The molecule has 1 aliphatic carbocycles. The normalized spacial score (nSPS) is 24.3. The molecule has 2 saturated heterocycles. The summed E-state index contributed by atoms with van der Waals surface area (Å²) in [5.41, 5.74) is 2.22. The third-order valence-electron chi connectivity index (χ3n) is 5.46. The van der Waals surface area contributed by atoms with Crippen LogP contribution in [-0.4, -0.2) is 66.1 Å². The Morgan fingerprint density at radius 1 is 1.21 bits per heavy atom. The maximum atomic E-state index is 12.7. The van der Waals surface area contributed by atoms with E-state index in [0.717, 1.165) is 69.6 Å². The van der Waals surface area contributed by atoms with E-state index in [1.54, 1.807) is 0 Å². The summed E-state index contributed by atoms with van der Waals surface area (Å²) in [5.74, 6) is -0.122. The van der Waals surface area contributed by atoms with Crippen molar-refractivity contribution in [2.75, 3.05) is 39.3 Å². The molecule has 1 amide bonds. The molecular formula is C18H25N3O3. The van der Waals surface area contributed by atoms with Gasteiger partial charge >= 0.3 is 0 Å². The van der Waals surface area contributed by atoms with Gasteiger partial charge in [0.1, 0.15) is 5.56 Å². The summed E-state index contributed by atoms with van der Waals surface area (Å²) in [6.45, 7) is 4.92. The second-order valence-corrected chi connectivity index (χ2v) is 7.10. The fourth-order valence-corrected chi connectivity index (χ4v) is 4.05. The van der Waals surface area contributed by atoms with Gasteiger partial charge in [-0.25, -0.2) is 0 Å². The van der Waals surface area contributed by atoms with E-state index in [0.29, 0.717) is 24.8 Å². The quantitative estimate of drug-likeness (QED) is 0.890. The molecule has 1 N–H and O–H groups in total. The molecule has 130 valence electrons. The van der Waals surface area contributed by atoms with Gasteiger partial charge in [-0.05, 0) is 43.7 Å². The van der Waals surface area contributed by atoms with Gasteiger partial charge in [-0.2, -0.15) is 0 Å². The van der Waals surface area contributed by atoms with Crippen LogP contribution in [0, 0.1) is 0 Å². The van der Waals surface area contributed by atoms with Crippen LogP contribution in [0.25, 0.3) is 0 Å². The lowest BCUT2D eigenvalue weighted by Gasteiger charge is -2.35. The largest absolute Gasteiger partial charge is 0.377 e. The van der Waals surface area contributed by atoms with Crippen molar-refractivity contribution in [2.24, 2.45) is 0 Å². The number of H-pyrrole nitrogens is 1. The zero-order valence-corrected chi connectivity index (χ0v) is 14.1. The second kappa shape index (κ2) is 6.69. The minimum atomic E-state index is -0.234. The fraction of sp³-hybridized carbons (Fsp3) is 0.667. The van der Waals surface area contributed by atoms with Crippen LogP contribution in [0.2, 0.25) is 0 Å². The Morgan fingerprint density at radius 3 is 2.79 bits per heavy atom. The number of aromatic nitrogens is 1. The van der Waals surface area contributed by atoms with Crippen molar-refractivity contribution in [3.8, 4) is 0 Å². The van der Waals surface area contributed by atoms with E-state index in [2.05, 4.69) is 9.88 Å². The van der Waals surface area contributed by atoms with Gasteiger partial charge in [-0.15, -0.1) is 0 Å². The molecule has 6 nitrogen and oxygen atoms in total. The number of hydrogen-bond acceptors (Lipinski definition) is 4. The molecule has 3 aliphatic rings. The number of pyridine rings is 1. The first kappa shape index (κ1) is 15.8. The highest BCUT2D eigenvalue weighted by Gasteiger charge is 2.27. The minimum absolute atomic E-state index is 0.122. The van der Waals surface area contributed by atoms with Gasteiger partial charge in [0.25, 0.3) is 11.5 Å². The Labute approximate surface area is 141 Å². The monoisotopic (exact) mass is 331 g/mol. The van der Waals surface area contributed by atoms with Crippen LogP contribution in [0.15, 0.2) is 10.9 Å². The lowest BCUT2D eigenvalue weighted by atomic mass is 10.1. The van der Waals surface area contributed by atoms with E-state index in [9.17, 15) is 9.59 Å². The molecule has 0 spiro atoms. The van der Waals surface area contributed by atoms with Crippen LogP contribution >= 0.6 is 0 Å². The molecule has 4 rings (SSSR count). The molecule has 1 atom stereocenters. The number of carbonyl (C=O) groups is 1. The van der Waals surface area contributed by atoms with Gasteiger partial charge in [0.05, 0.1) is 6.10 Å². The molecule has 0 bridgehead atoms. The van der Waals surface area contributed by atoms with E-state index >= 15 is 0 Å². The van der Waals surface area contributed by atoms with Crippen molar-refractivity contribution < 1.29 is 9.53 Å². The Balaban J connectivity index is 1.38. The number of hydrogen-bond donors (Lipinski definition) is 1. The average Bonchev–Trinajstić information content (AvgIpc) is 3.25. The summed E-state index contributed by atoms with van der Waals surface area (Å²) in [6.07, 6.45) is 5.59. The van der Waals surface area contributed by atoms with Gasteiger partial charge < -0.3 is 14.6 Å². The maximum Gasteiger partial charge on any atom is 0.261 e. The summed E-state index contributed by atoms with van der Waals surface area (Å²) in [7, 11) is 0. The summed E-state index contributed by atoms with van der Waals surface area (Å²) in [5, 5.41) is 0. The number of piperazine rings is 1. The van der Waals surface area contributed by atoms with Crippen LogP contribution < -0.4 is 5.56 Å². The van der Waals surface area contributed by atoms with Gasteiger partial charge in [0, 0.05) is 45.0 Å². The third kappa shape index (κ3) is 3.13. The first-order valence-corrected chi connectivity index (χ1v) is 9.09. The predicted octanol–water partition coefficient (Wildman–Crippen LogP) is 0.800. The highest BCUT2D eigenvalue weighted by molar-refractivity contribution is 5.94. The van der Waals surface area contributed by atoms with Crippen molar-refractivity contribution in [2.45, 2.75) is 38.2 Å². The molecule has 1 aromatic rings. The van der Waals surface area contributed by atoms with Gasteiger partial charge in [-0.1, -0.05) is 0 Å². The fourth-order valence-electron chi connectivity index (χ4n) is 4.05. The molecule has 0 radical (unpaired) electrons. The number of amides is 1. The van der Waals surface area contributed by atoms with Crippen LogP contribution in [0.5, 0.6) is 0 Å². The zero-order chi connectivity index (χ0) is 16.5. The summed E-state index contributed by atoms with van der Waals surface area (Å²) in [6, 6.07) is 1.82. The number of fused-ring (bicyclic) bond motifs is 1. The van der Waals surface area contributed by atoms with E-state index < -0.39 is 0 Å². The molecule has 0 aromatic carbocycles. The SMILES string of the molecule is O=C(c1cc2c([nH]c1=O)CCC2)N1CCN(C[C@@H]2CCCO2)CC1. The Kier molecular flexibility index (Phi) is 4.41. The summed E-state index contributed by atoms with van der Waals surface area (Å²) < 4.78 is 5.69. The number of aryl methyl sites for hydroxylation is 2. The van der Waals surface area contributed by atoms with Crippen LogP contribution in [0.1, 0.15) is 40.9 Å². The van der Waals surface area contributed by atoms with Crippen molar-refractivity contribution in [3.63, 3.8) is 0 Å². The van der Waals surface area contributed by atoms with E-state index in [1.165, 1.54) is 0 Å². The van der Waals surface area contributed by atoms with E-state index in [4.69, 9.17) is 4.74 Å². The topological polar surface area (TPSA) is 65.6 Å². The smallest absolute Gasteiger partial charge is 0.261 e. The molecule has 2 aliphatic heterocycles. The van der Waals surface area contributed by atoms with Crippen molar-refractivity contribution in [1.29, 1.82) is 0 Å².